The molecule has 120 valence electrons. The van der Waals surface area contributed by atoms with Gasteiger partial charge in [0.05, 0.1) is 13.1 Å². The van der Waals surface area contributed by atoms with Crippen molar-refractivity contribution in [1.29, 1.82) is 0 Å². The molecule has 4 heteroatoms. The minimum absolute atomic E-state index is 0.607. The molecular formula is C17H31N3O. The molecule has 0 aromatic carbocycles. The van der Waals surface area contributed by atoms with Gasteiger partial charge in [0.1, 0.15) is 11.5 Å². The first-order valence-electron chi connectivity index (χ1n) is 8.18. The lowest BCUT2D eigenvalue weighted by atomic mass is 10.1. The standard InChI is InChI=1S/C17H31N3O/c1-13(2)8-18-9-16-6-7-17(21-16)12-20-10-14(3)19(5)15(4)11-20/h6-7,13-15,18H,8-12H2,1-5H3. The highest BCUT2D eigenvalue weighted by Crippen LogP contribution is 2.17. The van der Waals surface area contributed by atoms with Gasteiger partial charge in [0, 0.05) is 25.2 Å². The van der Waals surface area contributed by atoms with Gasteiger partial charge in [0.2, 0.25) is 0 Å². The predicted octanol–water partition coefficient (Wildman–Crippen LogP) is 2.55. The maximum atomic E-state index is 5.95. The summed E-state index contributed by atoms with van der Waals surface area (Å²) in [7, 11) is 2.22. The average Bonchev–Trinajstić information content (AvgIpc) is 2.83. The van der Waals surface area contributed by atoms with Gasteiger partial charge in [0.15, 0.2) is 0 Å². The highest BCUT2D eigenvalue weighted by Gasteiger charge is 2.26. The van der Waals surface area contributed by atoms with Gasteiger partial charge in [-0.25, -0.2) is 0 Å². The monoisotopic (exact) mass is 293 g/mol. The summed E-state index contributed by atoms with van der Waals surface area (Å²) in [6.07, 6.45) is 0. The van der Waals surface area contributed by atoms with E-state index in [0.29, 0.717) is 18.0 Å². The minimum atomic E-state index is 0.607. The summed E-state index contributed by atoms with van der Waals surface area (Å²) in [5, 5.41) is 3.42. The summed E-state index contributed by atoms with van der Waals surface area (Å²) in [5.74, 6) is 2.80. The quantitative estimate of drug-likeness (QED) is 0.873. The Morgan fingerprint density at radius 2 is 1.81 bits per heavy atom. The van der Waals surface area contributed by atoms with Crippen LogP contribution in [0.5, 0.6) is 0 Å². The third-order valence-electron chi connectivity index (χ3n) is 4.38. The van der Waals surface area contributed by atoms with Crippen molar-refractivity contribution in [2.24, 2.45) is 5.92 Å². The van der Waals surface area contributed by atoms with Crippen molar-refractivity contribution in [3.8, 4) is 0 Å². The van der Waals surface area contributed by atoms with Crippen molar-refractivity contribution in [2.45, 2.75) is 52.9 Å². The molecule has 1 aliphatic rings. The number of likely N-dealkylation sites (N-methyl/N-ethyl adjacent to an activating group) is 1. The molecule has 0 spiro atoms. The number of hydrogen-bond acceptors (Lipinski definition) is 4. The van der Waals surface area contributed by atoms with Crippen LogP contribution in [-0.4, -0.2) is 48.6 Å². The summed E-state index contributed by atoms with van der Waals surface area (Å²) in [6, 6.07) is 5.44. The van der Waals surface area contributed by atoms with Crippen molar-refractivity contribution in [3.63, 3.8) is 0 Å². The van der Waals surface area contributed by atoms with Crippen molar-refractivity contribution in [1.82, 2.24) is 15.1 Å². The Hall–Kier alpha value is -0.840. The molecule has 0 radical (unpaired) electrons. The van der Waals surface area contributed by atoms with Crippen LogP contribution in [0.1, 0.15) is 39.2 Å². The molecule has 2 unspecified atom stereocenters. The van der Waals surface area contributed by atoms with Crippen LogP contribution >= 0.6 is 0 Å². The van der Waals surface area contributed by atoms with Crippen LogP contribution < -0.4 is 5.32 Å². The molecule has 0 aliphatic carbocycles. The van der Waals surface area contributed by atoms with Crippen LogP contribution in [-0.2, 0) is 13.1 Å². The Bertz CT molecular complexity index is 417. The molecule has 2 heterocycles. The van der Waals surface area contributed by atoms with E-state index in [-0.39, 0.29) is 0 Å². The van der Waals surface area contributed by atoms with Gasteiger partial charge in [-0.3, -0.25) is 9.80 Å². The largest absolute Gasteiger partial charge is 0.463 e. The van der Waals surface area contributed by atoms with Crippen LogP contribution in [0.2, 0.25) is 0 Å². The van der Waals surface area contributed by atoms with Crippen LogP contribution in [0, 0.1) is 5.92 Å². The number of hydrogen-bond donors (Lipinski definition) is 1. The number of rotatable bonds is 6. The summed E-state index contributed by atoms with van der Waals surface area (Å²) in [6.45, 7) is 14.0. The van der Waals surface area contributed by atoms with Gasteiger partial charge >= 0.3 is 0 Å². The van der Waals surface area contributed by atoms with Crippen LogP contribution in [0.4, 0.5) is 0 Å². The first-order chi connectivity index (χ1) is 9.95. The SMILES string of the molecule is CC(C)CNCc1ccc(CN2CC(C)N(C)C(C)C2)o1. The number of nitrogens with zero attached hydrogens (tertiary/aromatic N) is 2. The lowest BCUT2D eigenvalue weighted by Gasteiger charge is -2.42. The maximum Gasteiger partial charge on any atom is 0.118 e. The third kappa shape index (κ3) is 4.83. The highest BCUT2D eigenvalue weighted by molar-refractivity contribution is 5.07. The molecule has 2 rings (SSSR count). The molecule has 0 amide bonds. The number of nitrogens with one attached hydrogen (secondary N) is 1. The van der Waals surface area contributed by atoms with E-state index in [9.17, 15) is 0 Å². The van der Waals surface area contributed by atoms with Crippen LogP contribution in [0.3, 0.4) is 0 Å². The van der Waals surface area contributed by atoms with E-state index in [1.807, 2.05) is 0 Å². The molecule has 21 heavy (non-hydrogen) atoms. The van der Waals surface area contributed by atoms with Crippen LogP contribution in [0.25, 0.3) is 0 Å². The van der Waals surface area contributed by atoms with E-state index in [1.54, 1.807) is 0 Å². The van der Waals surface area contributed by atoms with Crippen molar-refractivity contribution >= 4 is 0 Å². The molecule has 1 aromatic heterocycles. The predicted molar refractivity (Wildman–Crippen MR) is 87.2 cm³/mol. The second-order valence-electron chi connectivity index (χ2n) is 6.95. The Labute approximate surface area is 129 Å². The average molecular weight is 293 g/mol. The molecule has 1 aromatic rings. The van der Waals surface area contributed by atoms with Crippen molar-refractivity contribution in [3.05, 3.63) is 23.7 Å². The maximum absolute atomic E-state index is 5.95. The van der Waals surface area contributed by atoms with E-state index in [4.69, 9.17) is 4.42 Å². The van der Waals surface area contributed by atoms with Gasteiger partial charge in [0.25, 0.3) is 0 Å². The van der Waals surface area contributed by atoms with Gasteiger partial charge in [-0.15, -0.1) is 0 Å². The molecule has 2 atom stereocenters. The molecule has 1 aliphatic heterocycles. The number of furan rings is 1. The zero-order valence-electron chi connectivity index (χ0n) is 14.2. The lowest BCUT2D eigenvalue weighted by molar-refractivity contribution is 0.0516. The number of piperazine rings is 1. The Morgan fingerprint density at radius 3 is 2.43 bits per heavy atom. The zero-order chi connectivity index (χ0) is 15.4. The van der Waals surface area contributed by atoms with E-state index in [0.717, 1.165) is 44.2 Å². The Kier molecular flexibility index (Phi) is 5.85. The molecule has 1 saturated heterocycles. The topological polar surface area (TPSA) is 31.6 Å². The van der Waals surface area contributed by atoms with Crippen molar-refractivity contribution in [2.75, 3.05) is 26.7 Å². The molecular weight excluding hydrogens is 262 g/mol. The van der Waals surface area contributed by atoms with Gasteiger partial charge < -0.3 is 9.73 Å². The second-order valence-corrected chi connectivity index (χ2v) is 6.95. The lowest BCUT2D eigenvalue weighted by Crippen LogP contribution is -2.54. The van der Waals surface area contributed by atoms with E-state index in [1.165, 1.54) is 0 Å². The molecule has 1 fully saturated rings. The van der Waals surface area contributed by atoms with Crippen molar-refractivity contribution < 1.29 is 4.42 Å². The Balaban J connectivity index is 1.82. The zero-order valence-corrected chi connectivity index (χ0v) is 14.2. The smallest absolute Gasteiger partial charge is 0.118 e. The van der Waals surface area contributed by atoms with Gasteiger partial charge in [-0.05, 0) is 45.5 Å². The first kappa shape index (κ1) is 16.5. The third-order valence-corrected chi connectivity index (χ3v) is 4.38. The van der Waals surface area contributed by atoms with Crippen LogP contribution in [0.15, 0.2) is 16.5 Å². The van der Waals surface area contributed by atoms with Gasteiger partial charge in [-0.1, -0.05) is 13.8 Å². The fourth-order valence-electron chi connectivity index (χ4n) is 2.95. The molecule has 1 N–H and O–H groups in total. The van der Waals surface area contributed by atoms with E-state index < -0.39 is 0 Å². The summed E-state index contributed by atoms with van der Waals surface area (Å²) in [5.41, 5.74) is 0. The molecule has 0 saturated carbocycles. The highest BCUT2D eigenvalue weighted by atomic mass is 16.3. The Morgan fingerprint density at radius 1 is 1.19 bits per heavy atom. The summed E-state index contributed by atoms with van der Waals surface area (Å²) >= 11 is 0. The summed E-state index contributed by atoms with van der Waals surface area (Å²) in [4.78, 5) is 4.96. The second kappa shape index (κ2) is 7.43. The molecule has 0 bridgehead atoms. The van der Waals surface area contributed by atoms with Gasteiger partial charge in [-0.2, -0.15) is 0 Å². The minimum Gasteiger partial charge on any atom is -0.463 e. The summed E-state index contributed by atoms with van der Waals surface area (Å²) < 4.78 is 5.95. The van der Waals surface area contributed by atoms with E-state index >= 15 is 0 Å². The van der Waals surface area contributed by atoms with E-state index in [2.05, 4.69) is 62.0 Å². The fraction of sp³-hybridized carbons (Fsp3) is 0.765. The molecule has 4 nitrogen and oxygen atoms in total. The normalized spacial score (nSPS) is 24.9. The first-order valence-corrected chi connectivity index (χ1v) is 8.18. The fourth-order valence-corrected chi connectivity index (χ4v) is 2.95.